The van der Waals surface area contributed by atoms with Crippen LogP contribution in [-0.4, -0.2) is 23.7 Å². The van der Waals surface area contributed by atoms with Crippen molar-refractivity contribution in [1.29, 1.82) is 0 Å². The Morgan fingerprint density at radius 3 is 2.59 bits per heavy atom. The summed E-state index contributed by atoms with van der Waals surface area (Å²) in [6, 6.07) is 12.7. The highest BCUT2D eigenvalue weighted by Crippen LogP contribution is 2.33. The van der Waals surface area contributed by atoms with Gasteiger partial charge in [0.15, 0.2) is 0 Å². The van der Waals surface area contributed by atoms with Crippen LogP contribution in [0.3, 0.4) is 0 Å². The maximum Gasteiger partial charge on any atom is 0.354 e. The number of ether oxygens (including phenoxy) is 1. The van der Waals surface area contributed by atoms with E-state index in [0.717, 1.165) is 5.69 Å². The third kappa shape index (κ3) is 2.29. The number of nitrogens with zero attached hydrogens (tertiary/aromatic N) is 2. The molecular formula is C16H14ClN3O2. The maximum atomic E-state index is 12.5. The molecule has 0 amide bonds. The summed E-state index contributed by atoms with van der Waals surface area (Å²) in [5.74, 6) is 1.02. The number of halogens is 1. The number of hydrogen-bond donors (Lipinski definition) is 1. The molecule has 3 rings (SSSR count). The van der Waals surface area contributed by atoms with Crippen molar-refractivity contribution in [2.45, 2.75) is 0 Å². The minimum Gasteiger partial charge on any atom is -0.496 e. The third-order valence-corrected chi connectivity index (χ3v) is 3.61. The highest BCUT2D eigenvalue weighted by Gasteiger charge is 2.16. The van der Waals surface area contributed by atoms with E-state index in [4.69, 9.17) is 16.3 Å². The molecule has 0 aliphatic rings. The molecule has 22 heavy (non-hydrogen) atoms. The van der Waals surface area contributed by atoms with Crippen molar-refractivity contribution in [3.8, 4) is 11.4 Å². The molecule has 0 aliphatic heterocycles. The Balaban J connectivity index is 2.51. The van der Waals surface area contributed by atoms with Crippen molar-refractivity contribution in [3.63, 3.8) is 0 Å². The first-order valence-electron chi connectivity index (χ1n) is 6.69. The highest BCUT2D eigenvalue weighted by atomic mass is 35.5. The van der Waals surface area contributed by atoms with E-state index in [0.29, 0.717) is 27.5 Å². The van der Waals surface area contributed by atoms with Crippen molar-refractivity contribution in [2.75, 3.05) is 19.5 Å². The zero-order chi connectivity index (χ0) is 15.7. The molecule has 0 spiro atoms. The van der Waals surface area contributed by atoms with Crippen LogP contribution < -0.4 is 15.7 Å². The van der Waals surface area contributed by atoms with E-state index in [2.05, 4.69) is 10.3 Å². The van der Waals surface area contributed by atoms with Gasteiger partial charge in [-0.15, -0.1) is 0 Å². The smallest absolute Gasteiger partial charge is 0.354 e. The highest BCUT2D eigenvalue weighted by molar-refractivity contribution is 6.31. The number of para-hydroxylation sites is 1. The van der Waals surface area contributed by atoms with E-state index in [9.17, 15) is 4.79 Å². The molecule has 1 heterocycles. The molecule has 2 aromatic carbocycles. The van der Waals surface area contributed by atoms with Gasteiger partial charge in [-0.25, -0.2) is 4.79 Å². The Morgan fingerprint density at radius 1 is 1.23 bits per heavy atom. The van der Waals surface area contributed by atoms with Crippen molar-refractivity contribution in [3.05, 3.63) is 58.0 Å². The number of benzene rings is 2. The fraction of sp³-hybridized carbons (Fsp3) is 0.125. The fourth-order valence-corrected chi connectivity index (χ4v) is 2.66. The molecule has 6 heteroatoms. The van der Waals surface area contributed by atoms with Gasteiger partial charge in [0.1, 0.15) is 11.6 Å². The lowest BCUT2D eigenvalue weighted by Crippen LogP contribution is -2.23. The second kappa shape index (κ2) is 5.69. The third-order valence-electron chi connectivity index (χ3n) is 3.39. The van der Waals surface area contributed by atoms with E-state index in [1.165, 1.54) is 4.57 Å². The van der Waals surface area contributed by atoms with E-state index in [-0.39, 0.29) is 5.69 Å². The summed E-state index contributed by atoms with van der Waals surface area (Å²) in [5, 5.41) is 4.13. The van der Waals surface area contributed by atoms with Gasteiger partial charge in [0.2, 0.25) is 0 Å². The molecule has 0 unspecified atom stereocenters. The zero-order valence-electron chi connectivity index (χ0n) is 12.1. The van der Waals surface area contributed by atoms with Crippen molar-refractivity contribution in [1.82, 2.24) is 9.55 Å². The first-order valence-corrected chi connectivity index (χ1v) is 7.07. The molecule has 1 N–H and O–H groups in total. The maximum absolute atomic E-state index is 12.5. The number of fused-ring (bicyclic) bond motifs is 1. The largest absolute Gasteiger partial charge is 0.496 e. The van der Waals surface area contributed by atoms with E-state index >= 15 is 0 Å². The predicted molar refractivity (Wildman–Crippen MR) is 88.4 cm³/mol. The van der Waals surface area contributed by atoms with Crippen LogP contribution in [0, 0.1) is 0 Å². The van der Waals surface area contributed by atoms with Crippen LogP contribution in [-0.2, 0) is 0 Å². The molecule has 1 aromatic heterocycles. The molecular weight excluding hydrogens is 302 g/mol. The monoisotopic (exact) mass is 315 g/mol. The van der Waals surface area contributed by atoms with Crippen LogP contribution in [0.15, 0.2) is 47.3 Å². The second-order valence-electron chi connectivity index (χ2n) is 4.67. The number of hydrogen-bond acceptors (Lipinski definition) is 4. The number of aromatic nitrogens is 2. The van der Waals surface area contributed by atoms with E-state index in [1.54, 1.807) is 26.3 Å². The lowest BCUT2D eigenvalue weighted by Gasteiger charge is -2.15. The summed E-state index contributed by atoms with van der Waals surface area (Å²) in [6.45, 7) is 0. The quantitative estimate of drug-likeness (QED) is 0.807. The van der Waals surface area contributed by atoms with Gasteiger partial charge in [-0.2, -0.15) is 4.98 Å². The number of nitrogens with one attached hydrogen (secondary N) is 1. The van der Waals surface area contributed by atoms with Crippen molar-refractivity contribution >= 4 is 28.3 Å². The predicted octanol–water partition coefficient (Wildman–Crippen LogP) is 3.09. The minimum atomic E-state index is -0.382. The SMILES string of the molecule is CNc1nc(=O)n(-c2ccccc2)c2cc(Cl)cc(OC)c12. The fourth-order valence-electron chi connectivity index (χ4n) is 2.46. The summed E-state index contributed by atoms with van der Waals surface area (Å²) in [6.07, 6.45) is 0. The molecule has 3 aromatic rings. The summed E-state index contributed by atoms with van der Waals surface area (Å²) in [5.41, 5.74) is 0.976. The topological polar surface area (TPSA) is 56.2 Å². The summed E-state index contributed by atoms with van der Waals surface area (Å²) in [7, 11) is 3.27. The normalized spacial score (nSPS) is 10.7. The van der Waals surface area contributed by atoms with Gasteiger partial charge in [0.25, 0.3) is 0 Å². The Bertz CT molecular complexity index is 891. The van der Waals surface area contributed by atoms with Crippen LogP contribution in [0.2, 0.25) is 5.02 Å². The van der Waals surface area contributed by atoms with Crippen LogP contribution >= 0.6 is 11.6 Å². The molecule has 0 saturated carbocycles. The number of anilines is 1. The van der Waals surface area contributed by atoms with Gasteiger partial charge >= 0.3 is 5.69 Å². The molecule has 0 radical (unpaired) electrons. The Hall–Kier alpha value is -2.53. The van der Waals surface area contributed by atoms with Crippen LogP contribution in [0.1, 0.15) is 0 Å². The zero-order valence-corrected chi connectivity index (χ0v) is 12.9. The van der Waals surface area contributed by atoms with Crippen LogP contribution in [0.4, 0.5) is 5.82 Å². The lowest BCUT2D eigenvalue weighted by molar-refractivity contribution is 0.419. The van der Waals surface area contributed by atoms with Crippen LogP contribution in [0.5, 0.6) is 5.75 Å². The Morgan fingerprint density at radius 2 is 1.95 bits per heavy atom. The Kier molecular flexibility index (Phi) is 3.73. The summed E-state index contributed by atoms with van der Waals surface area (Å²) in [4.78, 5) is 16.6. The minimum absolute atomic E-state index is 0.382. The molecule has 0 bridgehead atoms. The molecule has 5 nitrogen and oxygen atoms in total. The average Bonchev–Trinajstić information content (AvgIpc) is 2.53. The van der Waals surface area contributed by atoms with Gasteiger partial charge < -0.3 is 10.1 Å². The summed E-state index contributed by atoms with van der Waals surface area (Å²) >= 11 is 6.17. The standard InChI is InChI=1S/C16H14ClN3O2/c1-18-15-14-12(8-10(17)9-13(14)22-2)20(16(21)19-15)11-6-4-3-5-7-11/h3-9H,1-2H3,(H,18,19,21). The molecule has 0 saturated heterocycles. The Labute approximate surface area is 132 Å². The molecule has 0 atom stereocenters. The van der Waals surface area contributed by atoms with Crippen molar-refractivity contribution < 1.29 is 4.74 Å². The van der Waals surface area contributed by atoms with E-state index in [1.807, 2.05) is 30.3 Å². The van der Waals surface area contributed by atoms with Crippen LogP contribution in [0.25, 0.3) is 16.6 Å². The number of methoxy groups -OCH3 is 1. The molecule has 0 fully saturated rings. The van der Waals surface area contributed by atoms with Gasteiger partial charge in [-0.05, 0) is 24.3 Å². The summed E-state index contributed by atoms with van der Waals surface area (Å²) < 4.78 is 6.92. The number of rotatable bonds is 3. The second-order valence-corrected chi connectivity index (χ2v) is 5.10. The van der Waals surface area contributed by atoms with Gasteiger partial charge in [0.05, 0.1) is 23.7 Å². The van der Waals surface area contributed by atoms with E-state index < -0.39 is 0 Å². The van der Waals surface area contributed by atoms with Gasteiger partial charge in [0, 0.05) is 12.1 Å². The van der Waals surface area contributed by atoms with Crippen molar-refractivity contribution in [2.24, 2.45) is 0 Å². The van der Waals surface area contributed by atoms with Gasteiger partial charge in [-0.1, -0.05) is 29.8 Å². The molecule has 112 valence electrons. The lowest BCUT2D eigenvalue weighted by atomic mass is 10.2. The first-order chi connectivity index (χ1) is 10.7. The van der Waals surface area contributed by atoms with Gasteiger partial charge in [-0.3, -0.25) is 4.57 Å². The average molecular weight is 316 g/mol. The first kappa shape index (κ1) is 14.4. The molecule has 0 aliphatic carbocycles.